The smallest absolute Gasteiger partial charge is 0.173 e. The normalized spacial score (nSPS) is 11.1. The number of carbonyl (C=O) groups is 2. The van der Waals surface area contributed by atoms with Crippen LogP contribution in [0.2, 0.25) is 0 Å². The van der Waals surface area contributed by atoms with E-state index in [-0.39, 0.29) is 22.2 Å². The van der Waals surface area contributed by atoms with Crippen LogP contribution in [0.5, 0.6) is 0 Å². The molecule has 3 nitrogen and oxygen atoms in total. The van der Waals surface area contributed by atoms with Gasteiger partial charge in [0.15, 0.2) is 11.6 Å². The van der Waals surface area contributed by atoms with Crippen molar-refractivity contribution in [2.45, 2.75) is 0 Å². The van der Waals surface area contributed by atoms with Crippen LogP contribution in [-0.4, -0.2) is 22.2 Å². The van der Waals surface area contributed by atoms with Gasteiger partial charge in [-0.15, -0.1) is 0 Å². The van der Waals surface area contributed by atoms with Crippen LogP contribution in [0.15, 0.2) is 40.8 Å². The highest BCUT2D eigenvalue weighted by Gasteiger charge is 2.13. The van der Waals surface area contributed by atoms with E-state index in [9.17, 15) is 9.59 Å². The van der Waals surface area contributed by atoms with Gasteiger partial charge in [-0.3, -0.25) is 9.59 Å². The van der Waals surface area contributed by atoms with Crippen LogP contribution in [0, 0.1) is 0 Å². The molecule has 0 N–H and O–H groups in total. The number of Topliss-reactive ketones (excluding diaryl/α,β-unsaturated/α-hetero) is 2. The van der Waals surface area contributed by atoms with Crippen LogP contribution >= 0.6 is 31.9 Å². The lowest BCUT2D eigenvalue weighted by atomic mass is 10.0. The lowest BCUT2D eigenvalue weighted by Crippen LogP contribution is -1.99. The Hall–Kier alpha value is -1.46. The number of furan rings is 1. The molecule has 0 radical (unpaired) electrons. The fraction of sp³-hybridized carbons (Fsp3) is 0.125. The summed E-state index contributed by atoms with van der Waals surface area (Å²) < 4.78 is 5.74. The average molecular weight is 410 g/mol. The SMILES string of the molecule is O=C(CBr)c1ccc2oc3ccc(C(=O)CBr)cc3c2c1. The van der Waals surface area contributed by atoms with E-state index in [1.165, 1.54) is 0 Å². The summed E-state index contributed by atoms with van der Waals surface area (Å²) in [5.74, 6) is 0.0258. The number of ketones is 2. The number of alkyl halides is 2. The van der Waals surface area contributed by atoms with Gasteiger partial charge >= 0.3 is 0 Å². The minimum Gasteiger partial charge on any atom is -0.456 e. The van der Waals surface area contributed by atoms with Crippen molar-refractivity contribution >= 4 is 65.4 Å². The zero-order valence-electron chi connectivity index (χ0n) is 10.9. The fourth-order valence-corrected chi connectivity index (χ4v) is 2.93. The second-order valence-corrected chi connectivity index (χ2v) is 5.76. The summed E-state index contributed by atoms with van der Waals surface area (Å²) in [7, 11) is 0. The number of carbonyl (C=O) groups excluding carboxylic acids is 2. The summed E-state index contributed by atoms with van der Waals surface area (Å²) in [5, 5.41) is 2.26. The maximum absolute atomic E-state index is 11.8. The second-order valence-electron chi connectivity index (χ2n) is 4.64. The van der Waals surface area contributed by atoms with Crippen molar-refractivity contribution in [2.75, 3.05) is 10.7 Å². The van der Waals surface area contributed by atoms with E-state index in [2.05, 4.69) is 31.9 Å². The van der Waals surface area contributed by atoms with Gasteiger partial charge in [0.1, 0.15) is 11.2 Å². The third kappa shape index (κ3) is 2.56. The third-order valence-electron chi connectivity index (χ3n) is 3.36. The van der Waals surface area contributed by atoms with Crippen molar-refractivity contribution in [3.63, 3.8) is 0 Å². The first-order valence-electron chi connectivity index (χ1n) is 6.28. The number of fused-ring (bicyclic) bond motifs is 3. The number of halogens is 2. The van der Waals surface area contributed by atoms with Gasteiger partial charge in [0, 0.05) is 21.9 Å². The molecule has 3 aromatic rings. The van der Waals surface area contributed by atoms with Gasteiger partial charge < -0.3 is 4.42 Å². The zero-order valence-corrected chi connectivity index (χ0v) is 14.0. The fourth-order valence-electron chi connectivity index (χ4n) is 2.28. The average Bonchev–Trinajstić information content (AvgIpc) is 2.90. The van der Waals surface area contributed by atoms with Crippen molar-refractivity contribution < 1.29 is 14.0 Å². The van der Waals surface area contributed by atoms with Crippen LogP contribution in [-0.2, 0) is 0 Å². The molecule has 0 aliphatic rings. The lowest BCUT2D eigenvalue weighted by Gasteiger charge is -1.98. The van der Waals surface area contributed by atoms with Crippen LogP contribution in [0.25, 0.3) is 21.9 Å². The molecule has 2 aromatic carbocycles. The Morgan fingerprint density at radius 1 is 0.810 bits per heavy atom. The van der Waals surface area contributed by atoms with E-state index in [4.69, 9.17) is 4.42 Å². The van der Waals surface area contributed by atoms with E-state index < -0.39 is 0 Å². The summed E-state index contributed by atoms with van der Waals surface area (Å²) in [4.78, 5) is 23.6. The van der Waals surface area contributed by atoms with Crippen molar-refractivity contribution in [3.05, 3.63) is 47.5 Å². The van der Waals surface area contributed by atoms with E-state index in [1.807, 2.05) is 12.1 Å². The molecule has 0 amide bonds. The van der Waals surface area contributed by atoms with Gasteiger partial charge in [0.25, 0.3) is 0 Å². The van der Waals surface area contributed by atoms with Crippen LogP contribution in [0.1, 0.15) is 20.7 Å². The first-order chi connectivity index (χ1) is 10.1. The molecule has 0 atom stereocenters. The molecule has 0 fully saturated rings. The first kappa shape index (κ1) is 14.5. The molecule has 0 unspecified atom stereocenters. The maximum Gasteiger partial charge on any atom is 0.173 e. The highest BCUT2D eigenvalue weighted by molar-refractivity contribution is 9.09. The molecular formula is C16H10Br2O3. The molecule has 1 aromatic heterocycles. The predicted octanol–water partition coefficient (Wildman–Crippen LogP) is 4.74. The van der Waals surface area contributed by atoms with Crippen molar-refractivity contribution in [1.82, 2.24) is 0 Å². The monoisotopic (exact) mass is 408 g/mol. The van der Waals surface area contributed by atoms with Crippen LogP contribution in [0.4, 0.5) is 0 Å². The molecule has 3 rings (SSSR count). The highest BCUT2D eigenvalue weighted by atomic mass is 79.9. The summed E-state index contributed by atoms with van der Waals surface area (Å²) >= 11 is 6.35. The highest BCUT2D eigenvalue weighted by Crippen LogP contribution is 2.30. The molecule has 0 saturated carbocycles. The van der Waals surface area contributed by atoms with Crippen molar-refractivity contribution in [3.8, 4) is 0 Å². The Morgan fingerprint density at radius 3 is 1.62 bits per heavy atom. The topological polar surface area (TPSA) is 47.3 Å². The Morgan fingerprint density at radius 2 is 1.24 bits per heavy atom. The lowest BCUT2D eigenvalue weighted by molar-refractivity contribution is 0.101. The molecule has 106 valence electrons. The van der Waals surface area contributed by atoms with E-state index in [0.717, 1.165) is 10.8 Å². The Kier molecular flexibility index (Phi) is 3.95. The largest absolute Gasteiger partial charge is 0.456 e. The summed E-state index contributed by atoms with van der Waals surface area (Å²) in [6.45, 7) is 0. The van der Waals surface area contributed by atoms with Gasteiger partial charge in [-0.25, -0.2) is 0 Å². The van der Waals surface area contributed by atoms with Gasteiger partial charge in [-0.1, -0.05) is 31.9 Å². The van der Waals surface area contributed by atoms with Crippen molar-refractivity contribution in [1.29, 1.82) is 0 Å². The molecule has 21 heavy (non-hydrogen) atoms. The summed E-state index contributed by atoms with van der Waals surface area (Å²) in [6, 6.07) is 10.7. The van der Waals surface area contributed by atoms with Crippen LogP contribution in [0.3, 0.4) is 0 Å². The molecule has 1 heterocycles. The number of benzene rings is 2. The number of hydrogen-bond donors (Lipinski definition) is 0. The summed E-state index contributed by atoms with van der Waals surface area (Å²) in [6.07, 6.45) is 0. The number of rotatable bonds is 4. The van der Waals surface area contributed by atoms with Gasteiger partial charge in [-0.05, 0) is 36.4 Å². The minimum atomic E-state index is 0.0129. The predicted molar refractivity (Wildman–Crippen MR) is 90.0 cm³/mol. The second kappa shape index (κ2) is 5.73. The van der Waals surface area contributed by atoms with E-state index in [1.54, 1.807) is 24.3 Å². The van der Waals surface area contributed by atoms with Gasteiger partial charge in [0.05, 0.1) is 10.7 Å². The molecular weight excluding hydrogens is 400 g/mol. The zero-order chi connectivity index (χ0) is 15.0. The minimum absolute atomic E-state index is 0.0129. The first-order valence-corrected chi connectivity index (χ1v) is 8.53. The molecule has 0 saturated heterocycles. The Bertz CT molecular complexity index is 794. The Balaban J connectivity index is 2.25. The molecule has 0 aliphatic heterocycles. The van der Waals surface area contributed by atoms with E-state index >= 15 is 0 Å². The third-order valence-corrected chi connectivity index (χ3v) is 4.37. The standard InChI is InChI=1S/C16H10Br2O3/c17-7-13(19)9-1-3-15-11(5-9)12-6-10(14(20)8-18)2-4-16(12)21-15/h1-6H,7-8H2. The summed E-state index contributed by atoms with van der Waals surface area (Å²) in [5.41, 5.74) is 2.66. The molecule has 5 heteroatoms. The molecule has 0 bridgehead atoms. The molecule has 0 aliphatic carbocycles. The van der Waals surface area contributed by atoms with E-state index in [0.29, 0.717) is 22.3 Å². The van der Waals surface area contributed by atoms with Gasteiger partial charge in [-0.2, -0.15) is 0 Å². The Labute approximate surface area is 137 Å². The molecule has 0 spiro atoms. The number of hydrogen-bond acceptors (Lipinski definition) is 3. The van der Waals surface area contributed by atoms with Gasteiger partial charge in [0.2, 0.25) is 0 Å². The maximum atomic E-state index is 11.8. The van der Waals surface area contributed by atoms with Crippen molar-refractivity contribution in [2.24, 2.45) is 0 Å². The quantitative estimate of drug-likeness (QED) is 0.461. The van der Waals surface area contributed by atoms with Crippen LogP contribution < -0.4 is 0 Å².